The van der Waals surface area contributed by atoms with Crippen molar-refractivity contribution in [2.45, 2.75) is 13.3 Å². The minimum atomic E-state index is -0.383. The average molecular weight is 286 g/mol. The summed E-state index contributed by atoms with van der Waals surface area (Å²) in [5.74, 6) is 0.452. The number of hydrogen-bond donors (Lipinski definition) is 2. The van der Waals surface area contributed by atoms with Gasteiger partial charge in [-0.15, -0.1) is 0 Å². The highest BCUT2D eigenvalue weighted by Gasteiger charge is 2.08. The summed E-state index contributed by atoms with van der Waals surface area (Å²) in [5, 5.41) is 2.70. The molecule has 0 bridgehead atoms. The normalized spacial score (nSPS) is 10.1. The van der Waals surface area contributed by atoms with E-state index in [-0.39, 0.29) is 17.0 Å². The molecule has 0 aliphatic rings. The van der Waals surface area contributed by atoms with Gasteiger partial charge in [-0.3, -0.25) is 9.59 Å². The minimum Gasteiger partial charge on any atom is -0.494 e. The van der Waals surface area contributed by atoms with Gasteiger partial charge in [-0.05, 0) is 43.2 Å². The van der Waals surface area contributed by atoms with E-state index < -0.39 is 0 Å². The highest BCUT2D eigenvalue weighted by Crippen LogP contribution is 2.12. The van der Waals surface area contributed by atoms with Crippen LogP contribution in [0, 0.1) is 6.92 Å². The maximum Gasteiger partial charge on any atom is 0.260 e. The number of aromatic nitrogens is 1. The van der Waals surface area contributed by atoms with Crippen molar-refractivity contribution in [2.24, 2.45) is 0 Å². The van der Waals surface area contributed by atoms with Crippen LogP contribution >= 0.6 is 0 Å². The zero-order valence-electron chi connectivity index (χ0n) is 11.9. The van der Waals surface area contributed by atoms with Crippen molar-refractivity contribution in [3.63, 3.8) is 0 Å². The van der Waals surface area contributed by atoms with Crippen LogP contribution in [0.1, 0.15) is 22.3 Å². The third kappa shape index (κ3) is 4.49. The number of aromatic amines is 1. The van der Waals surface area contributed by atoms with Gasteiger partial charge in [0.25, 0.3) is 11.5 Å². The number of amides is 1. The second-order valence-corrected chi connectivity index (χ2v) is 4.69. The minimum absolute atomic E-state index is 0.122. The topological polar surface area (TPSA) is 71.2 Å². The number of pyridine rings is 1. The molecule has 0 fully saturated rings. The first-order chi connectivity index (χ1) is 10.2. The molecule has 21 heavy (non-hydrogen) atoms. The first-order valence-electron chi connectivity index (χ1n) is 6.82. The van der Waals surface area contributed by atoms with E-state index in [4.69, 9.17) is 4.74 Å². The van der Waals surface area contributed by atoms with Crippen molar-refractivity contribution in [2.75, 3.05) is 13.2 Å². The third-order valence-electron chi connectivity index (χ3n) is 2.93. The second kappa shape index (κ2) is 7.28. The summed E-state index contributed by atoms with van der Waals surface area (Å²) in [6.45, 7) is 2.97. The van der Waals surface area contributed by atoms with Gasteiger partial charge in [0.1, 0.15) is 11.3 Å². The lowest BCUT2D eigenvalue weighted by atomic mass is 10.2. The van der Waals surface area contributed by atoms with E-state index in [2.05, 4.69) is 10.3 Å². The van der Waals surface area contributed by atoms with Gasteiger partial charge in [0.15, 0.2) is 0 Å². The molecule has 2 N–H and O–H groups in total. The number of H-pyrrole nitrogens is 1. The van der Waals surface area contributed by atoms with Crippen LogP contribution in [0.15, 0.2) is 47.4 Å². The fourth-order valence-corrected chi connectivity index (χ4v) is 1.86. The number of nitrogens with one attached hydrogen (secondary N) is 2. The molecule has 0 saturated heterocycles. The molecule has 1 aromatic carbocycles. The zero-order valence-corrected chi connectivity index (χ0v) is 11.9. The SMILES string of the molecule is Cc1cccc(OCCCNC(=O)c2ccc[nH]c2=O)c1. The van der Waals surface area contributed by atoms with Crippen molar-refractivity contribution in [1.82, 2.24) is 10.3 Å². The largest absolute Gasteiger partial charge is 0.494 e. The van der Waals surface area contributed by atoms with Gasteiger partial charge in [0, 0.05) is 12.7 Å². The van der Waals surface area contributed by atoms with Crippen molar-refractivity contribution >= 4 is 5.91 Å². The van der Waals surface area contributed by atoms with Gasteiger partial charge >= 0.3 is 0 Å². The summed E-state index contributed by atoms with van der Waals surface area (Å²) in [5.41, 5.74) is 0.882. The lowest BCUT2D eigenvalue weighted by Crippen LogP contribution is -2.30. The van der Waals surface area contributed by atoms with E-state index in [0.717, 1.165) is 11.3 Å². The molecule has 2 aromatic rings. The summed E-state index contributed by atoms with van der Waals surface area (Å²) >= 11 is 0. The molecule has 0 unspecified atom stereocenters. The Balaban J connectivity index is 1.72. The number of carbonyl (C=O) groups is 1. The summed E-state index contributed by atoms with van der Waals surface area (Å²) in [6.07, 6.45) is 2.17. The van der Waals surface area contributed by atoms with E-state index in [0.29, 0.717) is 19.6 Å². The Morgan fingerprint density at radius 1 is 1.29 bits per heavy atom. The fourth-order valence-electron chi connectivity index (χ4n) is 1.86. The smallest absolute Gasteiger partial charge is 0.260 e. The van der Waals surface area contributed by atoms with Crippen LogP contribution in [0.4, 0.5) is 0 Å². The van der Waals surface area contributed by atoms with E-state index in [1.165, 1.54) is 12.3 Å². The Morgan fingerprint density at radius 2 is 2.14 bits per heavy atom. The van der Waals surface area contributed by atoms with Gasteiger partial charge in [0.05, 0.1) is 6.61 Å². The molecule has 0 radical (unpaired) electrons. The van der Waals surface area contributed by atoms with Crippen LogP contribution in [0.2, 0.25) is 0 Å². The van der Waals surface area contributed by atoms with Crippen LogP contribution < -0.4 is 15.6 Å². The predicted octanol–water partition coefficient (Wildman–Crippen LogP) is 1.88. The number of rotatable bonds is 6. The molecule has 2 rings (SSSR count). The summed E-state index contributed by atoms with van der Waals surface area (Å²) < 4.78 is 5.58. The maximum atomic E-state index is 11.8. The quantitative estimate of drug-likeness (QED) is 0.796. The average Bonchev–Trinajstić information content (AvgIpc) is 2.47. The van der Waals surface area contributed by atoms with Gasteiger partial charge in [-0.2, -0.15) is 0 Å². The van der Waals surface area contributed by atoms with E-state index in [1.54, 1.807) is 6.07 Å². The molecule has 0 spiro atoms. The predicted molar refractivity (Wildman–Crippen MR) is 80.7 cm³/mol. The van der Waals surface area contributed by atoms with E-state index >= 15 is 0 Å². The molecule has 0 aliphatic heterocycles. The lowest BCUT2D eigenvalue weighted by molar-refractivity contribution is 0.0950. The van der Waals surface area contributed by atoms with Gasteiger partial charge in [-0.1, -0.05) is 12.1 Å². The molecule has 0 aliphatic carbocycles. The first kappa shape index (κ1) is 14.8. The Hall–Kier alpha value is -2.56. The summed E-state index contributed by atoms with van der Waals surface area (Å²) in [6, 6.07) is 10.9. The van der Waals surface area contributed by atoms with Crippen LogP contribution in [0.25, 0.3) is 0 Å². The monoisotopic (exact) mass is 286 g/mol. The summed E-state index contributed by atoms with van der Waals surface area (Å²) in [4.78, 5) is 25.7. The van der Waals surface area contributed by atoms with Crippen LogP contribution in [-0.2, 0) is 0 Å². The lowest BCUT2D eigenvalue weighted by Gasteiger charge is -2.07. The Kier molecular flexibility index (Phi) is 5.15. The van der Waals surface area contributed by atoms with Crippen LogP contribution in [-0.4, -0.2) is 24.0 Å². The number of aryl methyl sites for hydroxylation is 1. The maximum absolute atomic E-state index is 11.8. The second-order valence-electron chi connectivity index (χ2n) is 4.69. The van der Waals surface area contributed by atoms with E-state index in [9.17, 15) is 9.59 Å². The van der Waals surface area contributed by atoms with Gasteiger partial charge < -0.3 is 15.0 Å². The molecular formula is C16H18N2O3. The van der Waals surface area contributed by atoms with Crippen molar-refractivity contribution in [3.8, 4) is 5.75 Å². The molecule has 1 heterocycles. The first-order valence-corrected chi connectivity index (χ1v) is 6.82. The standard InChI is InChI=1S/C16H18N2O3/c1-12-5-2-6-13(11-12)21-10-4-9-18-16(20)14-7-3-8-17-15(14)19/h2-3,5-8,11H,4,9-10H2,1H3,(H,17,19)(H,18,20). The number of hydrogen-bond acceptors (Lipinski definition) is 3. The Labute approximate surface area is 123 Å². The van der Waals surface area contributed by atoms with Crippen LogP contribution in [0.5, 0.6) is 5.75 Å². The molecule has 1 amide bonds. The molecular weight excluding hydrogens is 268 g/mol. The van der Waals surface area contributed by atoms with Crippen LogP contribution in [0.3, 0.4) is 0 Å². The molecule has 5 heteroatoms. The van der Waals surface area contributed by atoms with Gasteiger partial charge in [0.2, 0.25) is 0 Å². The molecule has 0 saturated carbocycles. The molecule has 1 aromatic heterocycles. The fraction of sp³-hybridized carbons (Fsp3) is 0.250. The van der Waals surface area contributed by atoms with Crippen molar-refractivity contribution < 1.29 is 9.53 Å². The summed E-state index contributed by atoms with van der Waals surface area (Å²) in [7, 11) is 0. The molecule has 0 atom stereocenters. The number of benzene rings is 1. The third-order valence-corrected chi connectivity index (χ3v) is 2.93. The van der Waals surface area contributed by atoms with Crippen molar-refractivity contribution in [1.29, 1.82) is 0 Å². The van der Waals surface area contributed by atoms with Gasteiger partial charge in [-0.25, -0.2) is 0 Å². The molecule has 5 nitrogen and oxygen atoms in total. The number of ether oxygens (including phenoxy) is 1. The highest BCUT2D eigenvalue weighted by molar-refractivity contribution is 5.93. The number of carbonyl (C=O) groups excluding carboxylic acids is 1. The van der Waals surface area contributed by atoms with E-state index in [1.807, 2.05) is 31.2 Å². The van der Waals surface area contributed by atoms with Crippen molar-refractivity contribution in [3.05, 3.63) is 64.1 Å². The highest BCUT2D eigenvalue weighted by atomic mass is 16.5. The zero-order chi connectivity index (χ0) is 15.1. The molecule has 110 valence electrons. The Morgan fingerprint density at radius 3 is 2.90 bits per heavy atom. The Bertz CT molecular complexity index is 664.